The Labute approximate surface area is 156 Å². The molecule has 140 valence electrons. The van der Waals surface area contributed by atoms with Gasteiger partial charge in [0.25, 0.3) is 5.91 Å². The van der Waals surface area contributed by atoms with Crippen molar-refractivity contribution in [3.05, 3.63) is 48.3 Å². The maximum Gasteiger partial charge on any atom is 0.326 e. The van der Waals surface area contributed by atoms with Gasteiger partial charge in [-0.25, -0.2) is 19.2 Å². The number of carbonyl (C=O) groups is 2. The number of aliphatic carboxylic acids is 1. The van der Waals surface area contributed by atoms with E-state index in [9.17, 15) is 19.1 Å². The van der Waals surface area contributed by atoms with Crippen LogP contribution in [0.3, 0.4) is 0 Å². The number of halogens is 1. The second-order valence-electron chi connectivity index (χ2n) is 7.24. The van der Waals surface area contributed by atoms with Gasteiger partial charge in [0.1, 0.15) is 18.2 Å². The Morgan fingerprint density at radius 2 is 1.85 bits per heavy atom. The lowest BCUT2D eigenvalue weighted by Crippen LogP contribution is -2.46. The summed E-state index contributed by atoms with van der Waals surface area (Å²) in [6.07, 6.45) is 8.69. The molecule has 0 radical (unpaired) electrons. The predicted octanol–water partition coefficient (Wildman–Crippen LogP) is 3.14. The van der Waals surface area contributed by atoms with Crippen LogP contribution in [0.25, 0.3) is 11.1 Å². The summed E-state index contributed by atoms with van der Waals surface area (Å²) in [6, 6.07) is 3.34. The van der Waals surface area contributed by atoms with Crippen molar-refractivity contribution >= 4 is 11.9 Å². The lowest BCUT2D eigenvalue weighted by atomic mass is 9.84. The van der Waals surface area contributed by atoms with Gasteiger partial charge in [-0.05, 0) is 42.9 Å². The molecule has 0 bridgehead atoms. The van der Waals surface area contributed by atoms with Gasteiger partial charge in [0.15, 0.2) is 0 Å². The first kappa shape index (κ1) is 17.6. The Hall–Kier alpha value is -2.83. The van der Waals surface area contributed by atoms with E-state index in [1.807, 2.05) is 0 Å². The molecule has 2 aliphatic rings. The number of carboxylic acids is 1. The molecule has 1 aromatic carbocycles. The maximum atomic E-state index is 14.8. The lowest BCUT2D eigenvalue weighted by Gasteiger charge is -2.33. The smallest absolute Gasteiger partial charge is 0.326 e. The molecule has 2 fully saturated rings. The Kier molecular flexibility index (Phi) is 4.59. The zero-order valence-corrected chi connectivity index (χ0v) is 14.7. The number of aromatic nitrogens is 2. The third-order valence-corrected chi connectivity index (χ3v) is 5.70. The van der Waals surface area contributed by atoms with E-state index < -0.39 is 23.7 Å². The quantitative estimate of drug-likeness (QED) is 0.899. The van der Waals surface area contributed by atoms with E-state index in [4.69, 9.17) is 0 Å². The molecule has 6 nitrogen and oxygen atoms in total. The number of fused-ring (bicyclic) bond motifs is 1. The summed E-state index contributed by atoms with van der Waals surface area (Å²) in [5.41, 5.74) is 1.12. The van der Waals surface area contributed by atoms with Crippen LogP contribution in [0.5, 0.6) is 0 Å². The molecule has 2 aromatic rings. The average Bonchev–Trinajstić information content (AvgIpc) is 3.08. The van der Waals surface area contributed by atoms with Gasteiger partial charge in [0.05, 0.1) is 5.56 Å². The number of benzene rings is 1. The Balaban J connectivity index is 1.66. The number of rotatable bonds is 3. The van der Waals surface area contributed by atoms with Crippen molar-refractivity contribution in [1.29, 1.82) is 0 Å². The van der Waals surface area contributed by atoms with Crippen LogP contribution >= 0.6 is 0 Å². The van der Waals surface area contributed by atoms with Gasteiger partial charge in [0.2, 0.25) is 0 Å². The Morgan fingerprint density at radius 3 is 2.56 bits per heavy atom. The van der Waals surface area contributed by atoms with E-state index >= 15 is 0 Å². The second-order valence-corrected chi connectivity index (χ2v) is 7.24. The number of nitrogens with zero attached hydrogens (tertiary/aromatic N) is 3. The predicted molar refractivity (Wildman–Crippen MR) is 95.4 cm³/mol. The summed E-state index contributed by atoms with van der Waals surface area (Å²) in [7, 11) is 0. The molecule has 1 amide bonds. The third kappa shape index (κ3) is 3.18. The summed E-state index contributed by atoms with van der Waals surface area (Å²) in [4.78, 5) is 34.0. The highest BCUT2D eigenvalue weighted by atomic mass is 19.1. The molecule has 27 heavy (non-hydrogen) atoms. The van der Waals surface area contributed by atoms with Crippen LogP contribution < -0.4 is 0 Å². The zero-order chi connectivity index (χ0) is 19.0. The number of likely N-dealkylation sites (tertiary alicyclic amines) is 1. The molecule has 0 spiro atoms. The summed E-state index contributed by atoms with van der Waals surface area (Å²) < 4.78 is 14.8. The summed E-state index contributed by atoms with van der Waals surface area (Å²) in [5.74, 6) is -2.03. The van der Waals surface area contributed by atoms with E-state index in [1.165, 1.54) is 23.4 Å². The fraction of sp³-hybridized carbons (Fsp3) is 0.400. The van der Waals surface area contributed by atoms with Crippen molar-refractivity contribution < 1.29 is 19.1 Å². The van der Waals surface area contributed by atoms with Crippen molar-refractivity contribution in [2.75, 3.05) is 0 Å². The van der Waals surface area contributed by atoms with Crippen LogP contribution in [0.1, 0.15) is 42.5 Å². The average molecular weight is 369 g/mol. The van der Waals surface area contributed by atoms with Gasteiger partial charge >= 0.3 is 5.97 Å². The molecule has 4 rings (SSSR count). The van der Waals surface area contributed by atoms with Gasteiger partial charge in [-0.1, -0.05) is 18.9 Å². The van der Waals surface area contributed by atoms with Crippen LogP contribution in [0.2, 0.25) is 0 Å². The minimum atomic E-state index is -1.02. The molecule has 1 aliphatic carbocycles. The van der Waals surface area contributed by atoms with E-state index in [-0.39, 0.29) is 17.5 Å². The SMILES string of the molecule is O=C(O)C1CC2CCCCC2N1C(=O)c1ccc(-c2cncnc2)cc1F. The molecule has 3 unspecified atom stereocenters. The van der Waals surface area contributed by atoms with Crippen molar-refractivity contribution in [3.8, 4) is 11.1 Å². The first-order valence-corrected chi connectivity index (χ1v) is 9.16. The highest BCUT2D eigenvalue weighted by Crippen LogP contribution is 2.40. The summed E-state index contributed by atoms with van der Waals surface area (Å²) in [6.45, 7) is 0. The van der Waals surface area contributed by atoms with Crippen LogP contribution in [0, 0.1) is 11.7 Å². The molecule has 1 saturated heterocycles. The zero-order valence-electron chi connectivity index (χ0n) is 14.7. The molecular weight excluding hydrogens is 349 g/mol. The number of hydrogen-bond acceptors (Lipinski definition) is 4. The van der Waals surface area contributed by atoms with Gasteiger partial charge in [-0.15, -0.1) is 0 Å². The fourth-order valence-corrected chi connectivity index (χ4v) is 4.43. The normalized spacial score (nSPS) is 24.5. The van der Waals surface area contributed by atoms with Crippen LogP contribution in [0.15, 0.2) is 36.9 Å². The van der Waals surface area contributed by atoms with Gasteiger partial charge < -0.3 is 10.0 Å². The molecule has 1 saturated carbocycles. The molecule has 7 heteroatoms. The third-order valence-electron chi connectivity index (χ3n) is 5.70. The topological polar surface area (TPSA) is 83.4 Å². The fourth-order valence-electron chi connectivity index (χ4n) is 4.43. The minimum Gasteiger partial charge on any atom is -0.480 e. The number of carboxylic acid groups (broad SMARTS) is 1. The van der Waals surface area contributed by atoms with Crippen LogP contribution in [-0.4, -0.2) is 43.9 Å². The van der Waals surface area contributed by atoms with Gasteiger partial charge in [0, 0.05) is 24.0 Å². The Morgan fingerprint density at radius 1 is 1.11 bits per heavy atom. The molecule has 1 aromatic heterocycles. The molecule has 1 aliphatic heterocycles. The largest absolute Gasteiger partial charge is 0.480 e. The standard InChI is InChI=1S/C20H20FN3O3/c21-16-7-12(14-9-22-11-23-10-14)5-6-15(16)19(25)24-17-4-2-1-3-13(17)8-18(24)20(26)27/h5-7,9-11,13,17-18H,1-4,8H2,(H,26,27). The lowest BCUT2D eigenvalue weighted by molar-refractivity contribution is -0.141. The number of amides is 1. The van der Waals surface area contributed by atoms with E-state index in [0.717, 1.165) is 25.7 Å². The van der Waals surface area contributed by atoms with E-state index in [2.05, 4.69) is 9.97 Å². The van der Waals surface area contributed by atoms with Gasteiger partial charge in [-0.2, -0.15) is 0 Å². The molecule has 1 N–H and O–H groups in total. The van der Waals surface area contributed by atoms with E-state index in [0.29, 0.717) is 17.5 Å². The first-order chi connectivity index (χ1) is 13.1. The number of hydrogen-bond donors (Lipinski definition) is 1. The highest BCUT2D eigenvalue weighted by molar-refractivity contribution is 5.98. The van der Waals surface area contributed by atoms with Crippen molar-refractivity contribution in [3.63, 3.8) is 0 Å². The number of carbonyl (C=O) groups excluding carboxylic acids is 1. The summed E-state index contributed by atoms with van der Waals surface area (Å²) in [5, 5.41) is 9.59. The van der Waals surface area contributed by atoms with Crippen molar-refractivity contribution in [1.82, 2.24) is 14.9 Å². The second kappa shape index (κ2) is 7.06. The first-order valence-electron chi connectivity index (χ1n) is 9.16. The van der Waals surface area contributed by atoms with E-state index in [1.54, 1.807) is 18.5 Å². The van der Waals surface area contributed by atoms with Crippen LogP contribution in [0.4, 0.5) is 4.39 Å². The van der Waals surface area contributed by atoms with Gasteiger partial charge in [-0.3, -0.25) is 4.79 Å². The monoisotopic (exact) mass is 369 g/mol. The van der Waals surface area contributed by atoms with Crippen molar-refractivity contribution in [2.24, 2.45) is 5.92 Å². The summed E-state index contributed by atoms with van der Waals surface area (Å²) >= 11 is 0. The molecule has 2 heterocycles. The van der Waals surface area contributed by atoms with Crippen LogP contribution in [-0.2, 0) is 4.79 Å². The molecule has 3 atom stereocenters. The molecular formula is C20H20FN3O3. The minimum absolute atomic E-state index is 0.0897. The Bertz CT molecular complexity index is 874. The van der Waals surface area contributed by atoms with Crippen molar-refractivity contribution in [2.45, 2.75) is 44.2 Å². The highest BCUT2D eigenvalue weighted by Gasteiger charge is 2.48. The maximum absolute atomic E-state index is 14.8.